The summed E-state index contributed by atoms with van der Waals surface area (Å²) in [5, 5.41) is 0. The molecule has 0 bridgehead atoms. The van der Waals surface area contributed by atoms with Crippen LogP contribution in [0, 0.1) is 0 Å². The van der Waals surface area contributed by atoms with Crippen LogP contribution in [0.4, 0.5) is 0 Å². The number of hydrazine groups is 1. The standard InChI is InChI=1S/C8H12N2O.ClH/c1-11-8(10-9)7-5-3-2-4-6-7;/h2-6,8,10H,9H2,1H3;1H. The quantitative estimate of drug-likeness (QED) is 0.426. The number of ether oxygens (including phenoxy) is 1. The Morgan fingerprint density at radius 2 is 1.92 bits per heavy atom. The van der Waals surface area contributed by atoms with Gasteiger partial charge in [0.2, 0.25) is 0 Å². The van der Waals surface area contributed by atoms with E-state index in [0.29, 0.717) is 0 Å². The highest BCUT2D eigenvalue weighted by molar-refractivity contribution is 5.85. The lowest BCUT2D eigenvalue weighted by atomic mass is 10.2. The maximum Gasteiger partial charge on any atom is 0.145 e. The molecule has 0 fully saturated rings. The molecule has 1 unspecified atom stereocenters. The van der Waals surface area contributed by atoms with Crippen LogP contribution in [0.1, 0.15) is 11.8 Å². The van der Waals surface area contributed by atoms with E-state index in [2.05, 4.69) is 5.43 Å². The van der Waals surface area contributed by atoms with Crippen LogP contribution < -0.4 is 11.3 Å². The van der Waals surface area contributed by atoms with Gasteiger partial charge in [-0.3, -0.25) is 5.84 Å². The van der Waals surface area contributed by atoms with Gasteiger partial charge in [-0.25, -0.2) is 5.43 Å². The molecular formula is C8H13ClN2O. The van der Waals surface area contributed by atoms with Crippen molar-refractivity contribution in [1.29, 1.82) is 0 Å². The Morgan fingerprint density at radius 1 is 1.33 bits per heavy atom. The Hall–Kier alpha value is -0.610. The highest BCUT2D eigenvalue weighted by atomic mass is 35.5. The summed E-state index contributed by atoms with van der Waals surface area (Å²) in [6.07, 6.45) is -0.212. The van der Waals surface area contributed by atoms with Crippen LogP contribution in [0.25, 0.3) is 0 Å². The van der Waals surface area contributed by atoms with Crippen molar-refractivity contribution in [3.8, 4) is 0 Å². The average Bonchev–Trinajstić information content (AvgIpc) is 2.09. The van der Waals surface area contributed by atoms with E-state index in [-0.39, 0.29) is 18.6 Å². The molecule has 68 valence electrons. The van der Waals surface area contributed by atoms with E-state index in [1.54, 1.807) is 7.11 Å². The van der Waals surface area contributed by atoms with Gasteiger partial charge in [0.25, 0.3) is 0 Å². The zero-order valence-corrected chi connectivity index (χ0v) is 7.67. The van der Waals surface area contributed by atoms with Crippen LogP contribution in [0.15, 0.2) is 30.3 Å². The fourth-order valence-electron chi connectivity index (χ4n) is 0.928. The molecule has 0 radical (unpaired) electrons. The van der Waals surface area contributed by atoms with Crippen LogP contribution in [0.3, 0.4) is 0 Å². The minimum atomic E-state index is -0.212. The molecular weight excluding hydrogens is 176 g/mol. The van der Waals surface area contributed by atoms with E-state index >= 15 is 0 Å². The van der Waals surface area contributed by atoms with Crippen molar-refractivity contribution in [3.63, 3.8) is 0 Å². The van der Waals surface area contributed by atoms with Crippen molar-refractivity contribution in [3.05, 3.63) is 35.9 Å². The molecule has 0 spiro atoms. The van der Waals surface area contributed by atoms with Gasteiger partial charge in [0.05, 0.1) is 0 Å². The van der Waals surface area contributed by atoms with Crippen LogP contribution in [-0.4, -0.2) is 7.11 Å². The Labute approximate surface area is 78.3 Å². The number of nitrogens with one attached hydrogen (secondary N) is 1. The van der Waals surface area contributed by atoms with Gasteiger partial charge in [0.1, 0.15) is 6.23 Å². The molecule has 0 amide bonds. The highest BCUT2D eigenvalue weighted by Gasteiger charge is 2.04. The van der Waals surface area contributed by atoms with Crippen molar-refractivity contribution in [1.82, 2.24) is 5.43 Å². The van der Waals surface area contributed by atoms with Gasteiger partial charge in [-0.2, -0.15) is 0 Å². The Balaban J connectivity index is 0.00000121. The van der Waals surface area contributed by atoms with E-state index in [4.69, 9.17) is 10.6 Å². The summed E-state index contributed by atoms with van der Waals surface area (Å²) in [5.41, 5.74) is 3.57. The summed E-state index contributed by atoms with van der Waals surface area (Å²) in [5.74, 6) is 5.24. The second kappa shape index (κ2) is 5.97. The molecule has 3 nitrogen and oxygen atoms in total. The predicted molar refractivity (Wildman–Crippen MR) is 50.8 cm³/mol. The number of nitrogens with two attached hydrogens (primary N) is 1. The Morgan fingerprint density at radius 3 is 2.33 bits per heavy atom. The summed E-state index contributed by atoms with van der Waals surface area (Å²) in [6.45, 7) is 0. The molecule has 4 heteroatoms. The fraction of sp³-hybridized carbons (Fsp3) is 0.250. The molecule has 0 aromatic heterocycles. The SMILES string of the molecule is COC(NN)c1ccccc1.Cl. The first-order valence-corrected chi connectivity index (χ1v) is 3.42. The second-order valence-corrected chi connectivity index (χ2v) is 2.19. The third-order valence-corrected chi connectivity index (χ3v) is 1.49. The maximum atomic E-state index is 5.24. The zero-order valence-electron chi connectivity index (χ0n) is 6.86. The van der Waals surface area contributed by atoms with E-state index in [1.165, 1.54) is 0 Å². The molecule has 3 N–H and O–H groups in total. The van der Waals surface area contributed by atoms with Crippen molar-refractivity contribution >= 4 is 12.4 Å². The van der Waals surface area contributed by atoms with Gasteiger partial charge in [-0.05, 0) is 5.56 Å². The minimum Gasteiger partial charge on any atom is -0.361 e. The fourth-order valence-corrected chi connectivity index (χ4v) is 0.928. The van der Waals surface area contributed by atoms with Crippen molar-refractivity contribution < 1.29 is 4.74 Å². The normalized spacial score (nSPS) is 11.8. The van der Waals surface area contributed by atoms with Gasteiger partial charge in [0, 0.05) is 7.11 Å². The van der Waals surface area contributed by atoms with Crippen LogP contribution >= 0.6 is 12.4 Å². The molecule has 1 aromatic rings. The average molecular weight is 189 g/mol. The molecule has 0 aliphatic heterocycles. The van der Waals surface area contributed by atoms with Gasteiger partial charge < -0.3 is 4.74 Å². The van der Waals surface area contributed by atoms with E-state index in [1.807, 2.05) is 30.3 Å². The third kappa shape index (κ3) is 2.79. The lowest BCUT2D eigenvalue weighted by Gasteiger charge is -2.13. The molecule has 0 aliphatic carbocycles. The van der Waals surface area contributed by atoms with Crippen molar-refractivity contribution in [2.45, 2.75) is 6.23 Å². The first-order chi connectivity index (χ1) is 5.38. The van der Waals surface area contributed by atoms with Gasteiger partial charge in [-0.15, -0.1) is 12.4 Å². The number of methoxy groups -OCH3 is 1. The maximum absolute atomic E-state index is 5.24. The third-order valence-electron chi connectivity index (χ3n) is 1.49. The van der Waals surface area contributed by atoms with Crippen LogP contribution in [0.2, 0.25) is 0 Å². The first-order valence-electron chi connectivity index (χ1n) is 3.42. The van der Waals surface area contributed by atoms with Crippen LogP contribution in [-0.2, 0) is 4.74 Å². The minimum absolute atomic E-state index is 0. The summed E-state index contributed by atoms with van der Waals surface area (Å²) in [6, 6.07) is 9.74. The number of rotatable bonds is 3. The molecule has 0 heterocycles. The van der Waals surface area contributed by atoms with Crippen molar-refractivity contribution in [2.24, 2.45) is 5.84 Å². The van der Waals surface area contributed by atoms with Gasteiger partial charge >= 0.3 is 0 Å². The summed E-state index contributed by atoms with van der Waals surface area (Å²) in [4.78, 5) is 0. The highest BCUT2D eigenvalue weighted by Crippen LogP contribution is 2.10. The van der Waals surface area contributed by atoms with E-state index in [9.17, 15) is 0 Å². The monoisotopic (exact) mass is 188 g/mol. The van der Waals surface area contributed by atoms with E-state index < -0.39 is 0 Å². The zero-order chi connectivity index (χ0) is 8.10. The number of hydrogen-bond donors (Lipinski definition) is 2. The molecule has 0 saturated carbocycles. The van der Waals surface area contributed by atoms with Crippen LogP contribution in [0.5, 0.6) is 0 Å². The van der Waals surface area contributed by atoms with Gasteiger partial charge in [-0.1, -0.05) is 30.3 Å². The number of hydrogen-bond acceptors (Lipinski definition) is 3. The summed E-state index contributed by atoms with van der Waals surface area (Å²) in [7, 11) is 1.61. The molecule has 12 heavy (non-hydrogen) atoms. The molecule has 1 rings (SSSR count). The molecule has 1 aromatic carbocycles. The first kappa shape index (κ1) is 11.4. The number of benzene rings is 1. The largest absolute Gasteiger partial charge is 0.361 e. The predicted octanol–water partition coefficient (Wildman–Crippen LogP) is 1.22. The second-order valence-electron chi connectivity index (χ2n) is 2.19. The number of halogens is 1. The Kier molecular flexibility index (Phi) is 5.66. The molecule has 0 aliphatic rings. The van der Waals surface area contributed by atoms with Crippen molar-refractivity contribution in [2.75, 3.05) is 7.11 Å². The Bertz CT molecular complexity index is 201. The lowest BCUT2D eigenvalue weighted by Crippen LogP contribution is -2.29. The molecule has 0 saturated heterocycles. The summed E-state index contributed by atoms with van der Waals surface area (Å²) >= 11 is 0. The molecule has 1 atom stereocenters. The lowest BCUT2D eigenvalue weighted by molar-refractivity contribution is 0.0741. The summed E-state index contributed by atoms with van der Waals surface area (Å²) < 4.78 is 5.05. The smallest absolute Gasteiger partial charge is 0.145 e. The van der Waals surface area contributed by atoms with Gasteiger partial charge in [0.15, 0.2) is 0 Å². The van der Waals surface area contributed by atoms with E-state index in [0.717, 1.165) is 5.56 Å². The topological polar surface area (TPSA) is 47.3 Å².